The number of carbonyl (C=O) groups is 1. The van der Waals surface area contributed by atoms with Crippen LogP contribution in [0.1, 0.15) is 41.6 Å². The third-order valence-corrected chi connectivity index (χ3v) is 4.17. The van der Waals surface area contributed by atoms with Crippen molar-refractivity contribution in [3.05, 3.63) is 64.7 Å². The number of para-hydroxylation sites is 1. The molecule has 23 heavy (non-hydrogen) atoms. The first-order valence-electron chi connectivity index (χ1n) is 7.68. The predicted octanol–water partition coefficient (Wildman–Crippen LogP) is 4.12. The molecule has 0 radical (unpaired) electrons. The molecule has 0 aliphatic heterocycles. The highest BCUT2D eigenvalue weighted by Gasteiger charge is 2.12. The summed E-state index contributed by atoms with van der Waals surface area (Å²) in [5.41, 5.74) is 11.3. The number of aryl methyl sites for hydroxylation is 2. The molecular weight excluding hydrogens is 308 g/mol. The Kier molecular flexibility index (Phi) is 7.11. The molecule has 1 atom stereocenters. The lowest BCUT2D eigenvalue weighted by atomic mass is 9.98. The molecule has 3 nitrogen and oxygen atoms in total. The van der Waals surface area contributed by atoms with E-state index in [0.717, 1.165) is 11.3 Å². The molecule has 1 unspecified atom stereocenters. The van der Waals surface area contributed by atoms with E-state index in [9.17, 15) is 4.79 Å². The zero-order valence-electron chi connectivity index (χ0n) is 13.9. The molecule has 0 aromatic heterocycles. The van der Waals surface area contributed by atoms with Gasteiger partial charge in [0.25, 0.3) is 0 Å². The van der Waals surface area contributed by atoms with Crippen molar-refractivity contribution in [3.63, 3.8) is 0 Å². The molecule has 1 amide bonds. The van der Waals surface area contributed by atoms with Crippen LogP contribution in [-0.2, 0) is 11.2 Å². The van der Waals surface area contributed by atoms with Gasteiger partial charge >= 0.3 is 0 Å². The number of nitrogen functional groups attached to an aromatic ring is 1. The number of halogens is 1. The standard InChI is InChI=1S/C19H24N2O.ClH/c1-13-7-6-9-17(14(13)2)15(3)21-19(22)12-11-16-8-4-5-10-18(16)20;/h4-10,15H,11-12,20H2,1-3H3,(H,21,22);1H. The first-order valence-corrected chi connectivity index (χ1v) is 7.68. The van der Waals surface area contributed by atoms with Crippen LogP contribution in [0.3, 0.4) is 0 Å². The molecule has 2 aromatic rings. The lowest BCUT2D eigenvalue weighted by molar-refractivity contribution is -0.121. The number of rotatable bonds is 5. The fraction of sp³-hybridized carbons (Fsp3) is 0.316. The van der Waals surface area contributed by atoms with Crippen molar-refractivity contribution < 1.29 is 4.79 Å². The van der Waals surface area contributed by atoms with Gasteiger partial charge in [0.2, 0.25) is 5.91 Å². The molecule has 124 valence electrons. The summed E-state index contributed by atoms with van der Waals surface area (Å²) in [6.07, 6.45) is 1.11. The van der Waals surface area contributed by atoms with Gasteiger partial charge in [-0.2, -0.15) is 0 Å². The minimum Gasteiger partial charge on any atom is -0.399 e. The van der Waals surface area contributed by atoms with Gasteiger partial charge in [-0.15, -0.1) is 12.4 Å². The lowest BCUT2D eigenvalue weighted by Crippen LogP contribution is -2.27. The molecule has 2 rings (SSSR count). The summed E-state index contributed by atoms with van der Waals surface area (Å²) in [4.78, 5) is 12.2. The zero-order chi connectivity index (χ0) is 16.1. The van der Waals surface area contributed by atoms with Gasteiger partial charge in [-0.25, -0.2) is 0 Å². The maximum atomic E-state index is 12.2. The van der Waals surface area contributed by atoms with E-state index in [2.05, 4.69) is 31.3 Å². The number of nitrogens with two attached hydrogens (primary N) is 1. The Labute approximate surface area is 144 Å². The van der Waals surface area contributed by atoms with E-state index in [0.29, 0.717) is 12.8 Å². The summed E-state index contributed by atoms with van der Waals surface area (Å²) in [5.74, 6) is 0.0525. The molecule has 0 saturated heterocycles. The van der Waals surface area contributed by atoms with Gasteiger partial charge in [-0.3, -0.25) is 4.79 Å². The van der Waals surface area contributed by atoms with E-state index in [1.54, 1.807) is 0 Å². The zero-order valence-corrected chi connectivity index (χ0v) is 14.7. The topological polar surface area (TPSA) is 55.1 Å². The van der Waals surface area contributed by atoms with Gasteiger partial charge in [0.05, 0.1) is 6.04 Å². The van der Waals surface area contributed by atoms with Gasteiger partial charge in [-0.05, 0) is 55.5 Å². The largest absolute Gasteiger partial charge is 0.399 e. The third-order valence-electron chi connectivity index (χ3n) is 4.17. The van der Waals surface area contributed by atoms with Crippen LogP contribution in [-0.4, -0.2) is 5.91 Å². The first kappa shape index (κ1) is 19.0. The normalized spacial score (nSPS) is 11.4. The highest BCUT2D eigenvalue weighted by Crippen LogP contribution is 2.20. The van der Waals surface area contributed by atoms with Crippen molar-refractivity contribution in [2.24, 2.45) is 0 Å². The number of nitrogens with one attached hydrogen (secondary N) is 1. The lowest BCUT2D eigenvalue weighted by Gasteiger charge is -2.18. The number of anilines is 1. The van der Waals surface area contributed by atoms with Gasteiger partial charge in [-0.1, -0.05) is 36.4 Å². The van der Waals surface area contributed by atoms with Crippen LogP contribution in [0.15, 0.2) is 42.5 Å². The van der Waals surface area contributed by atoms with Crippen molar-refractivity contribution in [2.45, 2.75) is 39.7 Å². The van der Waals surface area contributed by atoms with E-state index in [1.807, 2.05) is 37.3 Å². The number of carbonyl (C=O) groups excluding carboxylic acids is 1. The molecule has 0 saturated carbocycles. The molecule has 3 N–H and O–H groups in total. The molecule has 4 heteroatoms. The Hall–Kier alpha value is -2.00. The number of hydrogen-bond acceptors (Lipinski definition) is 2. The Morgan fingerprint density at radius 2 is 1.83 bits per heavy atom. The van der Waals surface area contributed by atoms with Gasteiger partial charge in [0.15, 0.2) is 0 Å². The maximum absolute atomic E-state index is 12.2. The minimum absolute atomic E-state index is 0. The van der Waals surface area contributed by atoms with Crippen LogP contribution < -0.4 is 11.1 Å². The van der Waals surface area contributed by atoms with E-state index < -0.39 is 0 Å². The number of amides is 1. The molecule has 0 aliphatic carbocycles. The highest BCUT2D eigenvalue weighted by atomic mass is 35.5. The van der Waals surface area contributed by atoms with Gasteiger partial charge in [0, 0.05) is 12.1 Å². The SMILES string of the molecule is Cc1cccc(C(C)NC(=O)CCc2ccccc2N)c1C.Cl. The van der Waals surface area contributed by atoms with E-state index in [-0.39, 0.29) is 24.4 Å². The fourth-order valence-corrected chi connectivity index (χ4v) is 2.64. The second-order valence-electron chi connectivity index (χ2n) is 5.78. The minimum atomic E-state index is 0. The first-order chi connectivity index (χ1) is 10.5. The van der Waals surface area contributed by atoms with Gasteiger partial charge < -0.3 is 11.1 Å². The Bertz CT molecular complexity index is 670. The molecule has 0 spiro atoms. The second-order valence-corrected chi connectivity index (χ2v) is 5.78. The molecular formula is C19H25ClN2O. The summed E-state index contributed by atoms with van der Waals surface area (Å²) in [6.45, 7) is 6.21. The quantitative estimate of drug-likeness (QED) is 0.809. The van der Waals surface area contributed by atoms with Crippen LogP contribution >= 0.6 is 12.4 Å². The van der Waals surface area contributed by atoms with Crippen molar-refractivity contribution in [1.29, 1.82) is 0 Å². The predicted molar refractivity (Wildman–Crippen MR) is 98.9 cm³/mol. The van der Waals surface area contributed by atoms with Gasteiger partial charge in [0.1, 0.15) is 0 Å². The van der Waals surface area contributed by atoms with Crippen LogP contribution in [0.2, 0.25) is 0 Å². The van der Waals surface area contributed by atoms with Crippen LogP contribution in [0.25, 0.3) is 0 Å². The highest BCUT2D eigenvalue weighted by molar-refractivity contribution is 5.85. The number of benzene rings is 2. The van der Waals surface area contributed by atoms with E-state index in [1.165, 1.54) is 16.7 Å². The fourth-order valence-electron chi connectivity index (χ4n) is 2.64. The third kappa shape index (κ3) is 5.00. The molecule has 0 bridgehead atoms. The second kappa shape index (κ2) is 8.59. The summed E-state index contributed by atoms with van der Waals surface area (Å²) < 4.78 is 0. The summed E-state index contributed by atoms with van der Waals surface area (Å²) in [7, 11) is 0. The van der Waals surface area contributed by atoms with Crippen molar-refractivity contribution in [1.82, 2.24) is 5.32 Å². The Balaban J connectivity index is 0.00000264. The summed E-state index contributed by atoms with van der Waals surface area (Å²) in [6, 6.07) is 13.9. The average molecular weight is 333 g/mol. The van der Waals surface area contributed by atoms with E-state index >= 15 is 0 Å². The smallest absolute Gasteiger partial charge is 0.220 e. The van der Waals surface area contributed by atoms with Crippen molar-refractivity contribution in [2.75, 3.05) is 5.73 Å². The van der Waals surface area contributed by atoms with Crippen molar-refractivity contribution >= 4 is 24.0 Å². The summed E-state index contributed by atoms with van der Waals surface area (Å²) in [5, 5.41) is 3.07. The maximum Gasteiger partial charge on any atom is 0.220 e. The molecule has 0 fully saturated rings. The Morgan fingerprint density at radius 3 is 2.52 bits per heavy atom. The van der Waals surface area contributed by atoms with Crippen LogP contribution in [0.5, 0.6) is 0 Å². The molecule has 0 aliphatic rings. The average Bonchev–Trinajstić information content (AvgIpc) is 2.49. The molecule has 0 heterocycles. The van der Waals surface area contributed by atoms with E-state index in [4.69, 9.17) is 5.73 Å². The van der Waals surface area contributed by atoms with Crippen LogP contribution in [0, 0.1) is 13.8 Å². The Morgan fingerprint density at radius 1 is 1.13 bits per heavy atom. The summed E-state index contributed by atoms with van der Waals surface area (Å²) >= 11 is 0. The monoisotopic (exact) mass is 332 g/mol. The van der Waals surface area contributed by atoms with Crippen LogP contribution in [0.4, 0.5) is 5.69 Å². The van der Waals surface area contributed by atoms with Crippen molar-refractivity contribution in [3.8, 4) is 0 Å². The number of hydrogen-bond donors (Lipinski definition) is 2. The molecule has 2 aromatic carbocycles.